The van der Waals surface area contributed by atoms with Crippen LogP contribution in [-0.2, 0) is 38.4 Å². The van der Waals surface area contributed by atoms with E-state index in [0.717, 1.165) is 31.2 Å². The summed E-state index contributed by atoms with van der Waals surface area (Å²) in [4.78, 5) is 53.4. The molecule has 1 aromatic heterocycles. The summed E-state index contributed by atoms with van der Waals surface area (Å²) in [5, 5.41) is 36.2. The number of benzene rings is 2. The predicted molar refractivity (Wildman–Crippen MR) is 201 cm³/mol. The van der Waals surface area contributed by atoms with Crippen LogP contribution in [0.25, 0.3) is 11.0 Å². The lowest BCUT2D eigenvalue weighted by Gasteiger charge is -2.26. The molecule has 0 bridgehead atoms. The SMILES string of the molecule is CC(=O)N[C@@H](Cc1ccccc1)C(=O)N[C@@H](Cc1cc(C#CCCCC#N)c2oc(CCCC#N)c(C(=O)OC3CCC(C)CC3)c2c1)C(=O)NCCO. The van der Waals surface area contributed by atoms with Crippen LogP contribution in [0.1, 0.15) is 104 Å². The fourth-order valence-electron chi connectivity index (χ4n) is 6.54. The van der Waals surface area contributed by atoms with Crippen LogP contribution in [0.5, 0.6) is 0 Å². The van der Waals surface area contributed by atoms with Gasteiger partial charge in [-0.3, -0.25) is 14.4 Å². The number of nitrogens with zero attached hydrogens (tertiary/aromatic N) is 2. The highest BCUT2D eigenvalue weighted by Crippen LogP contribution is 2.34. The summed E-state index contributed by atoms with van der Waals surface area (Å²) in [6.07, 6.45) is 5.71. The minimum atomic E-state index is -1.15. The molecule has 12 heteroatoms. The Labute approximate surface area is 316 Å². The van der Waals surface area contributed by atoms with Crippen molar-refractivity contribution >= 4 is 34.7 Å². The molecule has 4 N–H and O–H groups in total. The second-order valence-electron chi connectivity index (χ2n) is 13.8. The van der Waals surface area contributed by atoms with Gasteiger partial charge in [0, 0.05) is 57.4 Å². The molecule has 4 rings (SSSR count). The number of carbonyl (C=O) groups excluding carboxylic acids is 4. The Morgan fingerprint density at radius 2 is 1.59 bits per heavy atom. The van der Waals surface area contributed by atoms with Gasteiger partial charge < -0.3 is 30.2 Å². The average molecular weight is 736 g/mol. The molecule has 0 radical (unpaired) electrons. The van der Waals surface area contributed by atoms with E-state index in [-0.39, 0.29) is 44.1 Å². The molecule has 3 aromatic rings. The number of amides is 3. The van der Waals surface area contributed by atoms with E-state index in [0.29, 0.717) is 65.9 Å². The third-order valence-electron chi connectivity index (χ3n) is 9.33. The van der Waals surface area contributed by atoms with Gasteiger partial charge in [-0.2, -0.15) is 10.5 Å². The molecule has 2 aromatic carbocycles. The van der Waals surface area contributed by atoms with E-state index in [1.165, 1.54) is 6.92 Å². The monoisotopic (exact) mass is 735 g/mol. The van der Waals surface area contributed by atoms with Gasteiger partial charge in [-0.05, 0) is 67.7 Å². The topological polar surface area (TPSA) is 195 Å². The maximum atomic E-state index is 14.0. The highest BCUT2D eigenvalue weighted by Gasteiger charge is 2.30. The molecule has 0 saturated heterocycles. The summed E-state index contributed by atoms with van der Waals surface area (Å²) in [6.45, 7) is 3.13. The number of hydrogen-bond acceptors (Lipinski definition) is 9. The molecular formula is C42H49N5O7. The fraction of sp³-hybridized carbons (Fsp3) is 0.476. The van der Waals surface area contributed by atoms with Crippen molar-refractivity contribution in [3.8, 4) is 24.0 Å². The van der Waals surface area contributed by atoms with E-state index in [9.17, 15) is 29.5 Å². The molecule has 1 aliphatic rings. The molecule has 3 amide bonds. The lowest BCUT2D eigenvalue weighted by molar-refractivity contribution is -0.131. The van der Waals surface area contributed by atoms with Gasteiger partial charge in [0.15, 0.2) is 5.58 Å². The minimum Gasteiger partial charge on any atom is -0.459 e. The number of rotatable bonds is 17. The van der Waals surface area contributed by atoms with Gasteiger partial charge in [0.1, 0.15) is 29.5 Å². The van der Waals surface area contributed by atoms with Crippen LogP contribution in [0, 0.1) is 40.4 Å². The van der Waals surface area contributed by atoms with Crippen molar-refractivity contribution in [3.63, 3.8) is 0 Å². The van der Waals surface area contributed by atoms with Crippen molar-refractivity contribution in [1.29, 1.82) is 10.5 Å². The van der Waals surface area contributed by atoms with Crippen LogP contribution in [0.15, 0.2) is 46.9 Å². The number of aliphatic hydroxyl groups excluding tert-OH is 1. The number of furan rings is 1. The quantitative estimate of drug-likeness (QED) is 0.0844. The molecule has 0 spiro atoms. The molecule has 284 valence electrons. The Kier molecular flexibility index (Phi) is 16.1. The van der Waals surface area contributed by atoms with Crippen molar-refractivity contribution < 1.29 is 33.4 Å². The summed E-state index contributed by atoms with van der Waals surface area (Å²) in [5.74, 6) is 5.09. The summed E-state index contributed by atoms with van der Waals surface area (Å²) in [7, 11) is 0. The van der Waals surface area contributed by atoms with Crippen molar-refractivity contribution in [1.82, 2.24) is 16.0 Å². The van der Waals surface area contributed by atoms with Crippen molar-refractivity contribution in [2.45, 2.75) is 109 Å². The van der Waals surface area contributed by atoms with Gasteiger partial charge in [-0.15, -0.1) is 0 Å². The maximum absolute atomic E-state index is 14.0. The number of nitriles is 2. The number of aliphatic hydroxyl groups is 1. The molecular weight excluding hydrogens is 686 g/mol. The second kappa shape index (κ2) is 21.2. The van der Waals surface area contributed by atoms with Crippen LogP contribution >= 0.6 is 0 Å². The third kappa shape index (κ3) is 12.2. The summed E-state index contributed by atoms with van der Waals surface area (Å²) >= 11 is 0. The predicted octanol–water partition coefficient (Wildman–Crippen LogP) is 4.94. The second-order valence-corrected chi connectivity index (χ2v) is 13.8. The van der Waals surface area contributed by atoms with Gasteiger partial charge in [0.05, 0.1) is 24.3 Å². The van der Waals surface area contributed by atoms with Gasteiger partial charge in [-0.25, -0.2) is 4.79 Å². The van der Waals surface area contributed by atoms with Crippen LogP contribution in [-0.4, -0.2) is 60.1 Å². The molecule has 0 unspecified atom stereocenters. The minimum absolute atomic E-state index is 0.0376. The van der Waals surface area contributed by atoms with E-state index < -0.39 is 35.8 Å². The Bertz CT molecular complexity index is 1910. The standard InChI is InChI=1S/C42H49N5O7/c1-28-16-18-33(19-17-28)53-42(52)38-34-25-31(24-32(14-8-3-4-10-20-43)39(34)54-37(38)15-9-11-21-44)27-35(40(50)45-22-23-48)47-41(51)36(46-29(2)49)26-30-12-6-5-7-13-30/h5-7,12-13,24-25,28,33,35-36,48H,3-4,9-11,15-19,22-23,26-27H2,1-2H3,(H,45,50)(H,46,49)(H,47,51)/t28?,33?,35-,36-/m0/s1. The third-order valence-corrected chi connectivity index (χ3v) is 9.33. The lowest BCUT2D eigenvalue weighted by Crippen LogP contribution is -2.55. The van der Waals surface area contributed by atoms with Crippen molar-refractivity contribution in [3.05, 3.63) is 70.5 Å². The smallest absolute Gasteiger partial charge is 0.342 e. The summed E-state index contributed by atoms with van der Waals surface area (Å²) in [6, 6.07) is 14.8. The molecule has 1 saturated carbocycles. The van der Waals surface area contributed by atoms with Crippen LogP contribution in [0.3, 0.4) is 0 Å². The summed E-state index contributed by atoms with van der Waals surface area (Å²) in [5.41, 5.74) is 2.42. The molecule has 0 aliphatic heterocycles. The van der Waals surface area contributed by atoms with Gasteiger partial charge in [0.2, 0.25) is 17.7 Å². The zero-order valence-electron chi connectivity index (χ0n) is 31.0. The van der Waals surface area contributed by atoms with E-state index in [1.807, 2.05) is 30.3 Å². The van der Waals surface area contributed by atoms with Crippen LogP contribution < -0.4 is 16.0 Å². The number of aryl methyl sites for hydroxylation is 1. The van der Waals surface area contributed by atoms with Crippen molar-refractivity contribution in [2.24, 2.45) is 5.92 Å². The van der Waals surface area contributed by atoms with Crippen molar-refractivity contribution in [2.75, 3.05) is 13.2 Å². The van der Waals surface area contributed by atoms with E-state index >= 15 is 0 Å². The number of ether oxygens (including phenoxy) is 1. The number of hydrogen-bond donors (Lipinski definition) is 4. The number of unbranched alkanes of at least 4 members (excludes halogenated alkanes) is 3. The van der Waals surface area contributed by atoms with Crippen LogP contribution in [0.2, 0.25) is 0 Å². The molecule has 1 aliphatic carbocycles. The Morgan fingerprint density at radius 3 is 2.28 bits per heavy atom. The average Bonchev–Trinajstić information content (AvgIpc) is 3.52. The Morgan fingerprint density at radius 1 is 0.907 bits per heavy atom. The first kappa shape index (κ1) is 41.1. The molecule has 1 fully saturated rings. The first-order valence-corrected chi connectivity index (χ1v) is 18.6. The number of fused-ring (bicyclic) bond motifs is 1. The number of esters is 1. The molecule has 2 atom stereocenters. The van der Waals surface area contributed by atoms with Gasteiger partial charge >= 0.3 is 5.97 Å². The van der Waals surface area contributed by atoms with E-state index in [2.05, 4.69) is 46.9 Å². The fourth-order valence-corrected chi connectivity index (χ4v) is 6.54. The van der Waals surface area contributed by atoms with E-state index in [4.69, 9.17) is 14.4 Å². The Balaban J connectivity index is 1.77. The first-order chi connectivity index (χ1) is 26.1. The largest absolute Gasteiger partial charge is 0.459 e. The molecule has 1 heterocycles. The molecule has 54 heavy (non-hydrogen) atoms. The van der Waals surface area contributed by atoms with E-state index in [1.54, 1.807) is 12.1 Å². The van der Waals surface area contributed by atoms with Gasteiger partial charge in [-0.1, -0.05) is 49.1 Å². The zero-order valence-corrected chi connectivity index (χ0v) is 31.0. The Hall–Kier alpha value is -5.64. The lowest BCUT2D eigenvalue weighted by atomic mass is 9.89. The number of nitrogens with one attached hydrogen (secondary N) is 3. The number of carbonyl (C=O) groups is 4. The normalized spacial score (nSPS) is 16.1. The molecule has 12 nitrogen and oxygen atoms in total. The first-order valence-electron chi connectivity index (χ1n) is 18.6. The zero-order chi connectivity index (χ0) is 38.9. The summed E-state index contributed by atoms with van der Waals surface area (Å²) < 4.78 is 12.4. The maximum Gasteiger partial charge on any atom is 0.342 e. The van der Waals surface area contributed by atoms with Gasteiger partial charge in [0.25, 0.3) is 0 Å². The van der Waals surface area contributed by atoms with Crippen LogP contribution in [0.4, 0.5) is 0 Å². The highest BCUT2D eigenvalue weighted by molar-refractivity contribution is 6.06. The highest BCUT2D eigenvalue weighted by atomic mass is 16.5.